The van der Waals surface area contributed by atoms with E-state index in [9.17, 15) is 9.59 Å². The van der Waals surface area contributed by atoms with Gasteiger partial charge in [-0.2, -0.15) is 0 Å². The number of halogens is 1. The van der Waals surface area contributed by atoms with Crippen LogP contribution in [-0.4, -0.2) is 18.4 Å². The van der Waals surface area contributed by atoms with Gasteiger partial charge in [0, 0.05) is 28.7 Å². The summed E-state index contributed by atoms with van der Waals surface area (Å²) < 4.78 is 5.71. The molecule has 3 rings (SSSR count). The Morgan fingerprint density at radius 3 is 2.50 bits per heavy atom. The van der Waals surface area contributed by atoms with E-state index in [-0.39, 0.29) is 17.6 Å². The number of carbonyl (C=O) groups excluding carboxylic acids is 2. The van der Waals surface area contributed by atoms with E-state index in [1.54, 1.807) is 24.3 Å². The molecule has 28 heavy (non-hydrogen) atoms. The number of hydrogen-bond donors (Lipinski definition) is 2. The number of anilines is 1. The molecule has 1 heterocycles. The number of hydrogen-bond acceptors (Lipinski definition) is 3. The van der Waals surface area contributed by atoms with Crippen LogP contribution in [-0.2, 0) is 0 Å². The molecule has 0 saturated carbocycles. The molecule has 2 amide bonds. The van der Waals surface area contributed by atoms with Gasteiger partial charge < -0.3 is 15.1 Å². The third-order valence-corrected chi connectivity index (χ3v) is 4.83. The Kier molecular flexibility index (Phi) is 5.75. The summed E-state index contributed by atoms with van der Waals surface area (Å²) in [4.78, 5) is 24.9. The van der Waals surface area contributed by atoms with Crippen LogP contribution in [0, 0.1) is 19.8 Å². The summed E-state index contributed by atoms with van der Waals surface area (Å²) in [6.45, 7) is 8.36. The molecule has 2 N–H and O–H groups in total. The highest BCUT2D eigenvalue weighted by atomic mass is 35.5. The van der Waals surface area contributed by atoms with Crippen molar-refractivity contribution < 1.29 is 14.0 Å². The molecular formula is C22H23ClN2O3. The van der Waals surface area contributed by atoms with Gasteiger partial charge in [0.05, 0.1) is 5.02 Å². The molecule has 0 aliphatic heterocycles. The number of furan rings is 1. The van der Waals surface area contributed by atoms with Gasteiger partial charge in [0.2, 0.25) is 0 Å². The maximum absolute atomic E-state index is 12.7. The van der Waals surface area contributed by atoms with Gasteiger partial charge in [0.15, 0.2) is 11.3 Å². The van der Waals surface area contributed by atoms with Crippen molar-refractivity contribution in [1.82, 2.24) is 5.32 Å². The van der Waals surface area contributed by atoms with Crippen LogP contribution in [0.3, 0.4) is 0 Å². The summed E-state index contributed by atoms with van der Waals surface area (Å²) in [6, 6.07) is 10.6. The van der Waals surface area contributed by atoms with E-state index >= 15 is 0 Å². The number of para-hydroxylation sites is 1. The van der Waals surface area contributed by atoms with Crippen LogP contribution < -0.4 is 10.6 Å². The van der Waals surface area contributed by atoms with E-state index in [0.29, 0.717) is 34.3 Å². The molecule has 3 aromatic rings. The highest BCUT2D eigenvalue weighted by Crippen LogP contribution is 2.31. The fraction of sp³-hybridized carbons (Fsp3) is 0.273. The fourth-order valence-electron chi connectivity index (χ4n) is 2.95. The molecule has 0 aliphatic carbocycles. The van der Waals surface area contributed by atoms with Gasteiger partial charge in [0.25, 0.3) is 11.8 Å². The molecule has 0 radical (unpaired) electrons. The van der Waals surface area contributed by atoms with Crippen molar-refractivity contribution in [3.05, 3.63) is 63.9 Å². The summed E-state index contributed by atoms with van der Waals surface area (Å²) in [5.74, 6) is 0.118. The van der Waals surface area contributed by atoms with Crippen LogP contribution in [0.15, 0.2) is 40.8 Å². The van der Waals surface area contributed by atoms with Crippen LogP contribution in [0.25, 0.3) is 11.0 Å². The fourth-order valence-corrected chi connectivity index (χ4v) is 3.16. The number of amides is 2. The molecule has 1 aromatic heterocycles. The van der Waals surface area contributed by atoms with Crippen molar-refractivity contribution in [2.45, 2.75) is 27.7 Å². The SMILES string of the molecule is Cc1cc(C(=O)NCC(C)C)ccc1NC(=O)c1oc2c(Cl)cccc2c1C. The monoisotopic (exact) mass is 398 g/mol. The molecular weight excluding hydrogens is 376 g/mol. The van der Waals surface area contributed by atoms with Gasteiger partial charge in [-0.15, -0.1) is 0 Å². The molecule has 6 heteroatoms. The van der Waals surface area contributed by atoms with Gasteiger partial charge in [-0.25, -0.2) is 0 Å². The smallest absolute Gasteiger partial charge is 0.291 e. The van der Waals surface area contributed by atoms with Gasteiger partial charge in [-0.05, 0) is 49.6 Å². The zero-order chi connectivity index (χ0) is 20.4. The molecule has 0 bridgehead atoms. The zero-order valence-electron chi connectivity index (χ0n) is 16.4. The molecule has 0 saturated heterocycles. The Morgan fingerprint density at radius 2 is 1.86 bits per heavy atom. The Balaban J connectivity index is 1.80. The zero-order valence-corrected chi connectivity index (χ0v) is 17.1. The van der Waals surface area contributed by atoms with E-state index in [1.807, 2.05) is 39.8 Å². The first-order valence-electron chi connectivity index (χ1n) is 9.15. The highest BCUT2D eigenvalue weighted by Gasteiger charge is 2.20. The quantitative estimate of drug-likeness (QED) is 0.609. The number of benzene rings is 2. The normalized spacial score (nSPS) is 11.1. The minimum absolute atomic E-state index is 0.127. The minimum atomic E-state index is -0.357. The lowest BCUT2D eigenvalue weighted by atomic mass is 10.1. The number of rotatable bonds is 5. The number of aryl methyl sites for hydroxylation is 2. The highest BCUT2D eigenvalue weighted by molar-refractivity contribution is 6.35. The predicted octanol–water partition coefficient (Wildman–Crippen LogP) is 5.34. The summed E-state index contributed by atoms with van der Waals surface area (Å²) in [5, 5.41) is 7.02. The van der Waals surface area contributed by atoms with Crippen LogP contribution in [0.4, 0.5) is 5.69 Å². The lowest BCUT2D eigenvalue weighted by Gasteiger charge is -2.11. The van der Waals surface area contributed by atoms with E-state index in [4.69, 9.17) is 16.0 Å². The van der Waals surface area contributed by atoms with Crippen molar-refractivity contribution in [3.8, 4) is 0 Å². The third-order valence-electron chi connectivity index (χ3n) is 4.53. The summed E-state index contributed by atoms with van der Waals surface area (Å²) >= 11 is 6.16. The third kappa shape index (κ3) is 4.04. The number of fused-ring (bicyclic) bond motifs is 1. The Labute approximate surface area is 169 Å². The molecule has 0 fully saturated rings. The first-order valence-corrected chi connectivity index (χ1v) is 9.53. The average molecular weight is 399 g/mol. The molecule has 0 atom stereocenters. The lowest BCUT2D eigenvalue weighted by molar-refractivity contribution is 0.0948. The first kappa shape index (κ1) is 20.0. The Hall–Kier alpha value is -2.79. The molecule has 146 valence electrons. The van der Waals surface area contributed by atoms with Crippen molar-refractivity contribution in [1.29, 1.82) is 0 Å². The maximum atomic E-state index is 12.7. The summed E-state index contributed by atoms with van der Waals surface area (Å²) in [7, 11) is 0. The number of nitrogens with one attached hydrogen (secondary N) is 2. The largest absolute Gasteiger partial charge is 0.449 e. The van der Waals surface area contributed by atoms with Gasteiger partial charge >= 0.3 is 0 Å². The molecule has 2 aromatic carbocycles. The Morgan fingerprint density at radius 1 is 1.11 bits per heavy atom. The van der Waals surface area contributed by atoms with Crippen LogP contribution in [0.5, 0.6) is 0 Å². The summed E-state index contributed by atoms with van der Waals surface area (Å²) in [5.41, 5.74) is 3.20. The standard InChI is InChI=1S/C22H23ClN2O3/c1-12(2)11-24-21(26)15-8-9-18(13(3)10-15)25-22(27)19-14(4)16-6-5-7-17(23)20(16)28-19/h5-10,12H,11H2,1-4H3,(H,24,26)(H,25,27). The number of carbonyl (C=O) groups is 2. The van der Waals surface area contributed by atoms with Crippen LogP contribution >= 0.6 is 11.6 Å². The molecule has 0 unspecified atom stereocenters. The van der Waals surface area contributed by atoms with Crippen molar-refractivity contribution in [2.24, 2.45) is 5.92 Å². The molecule has 0 spiro atoms. The predicted molar refractivity (Wildman–Crippen MR) is 112 cm³/mol. The van der Waals surface area contributed by atoms with Crippen molar-refractivity contribution in [3.63, 3.8) is 0 Å². The average Bonchev–Trinajstić information content (AvgIpc) is 2.99. The van der Waals surface area contributed by atoms with Gasteiger partial charge in [-0.1, -0.05) is 37.6 Å². The maximum Gasteiger partial charge on any atom is 0.291 e. The van der Waals surface area contributed by atoms with E-state index in [1.165, 1.54) is 0 Å². The molecule has 0 aliphatic rings. The van der Waals surface area contributed by atoms with Gasteiger partial charge in [-0.3, -0.25) is 9.59 Å². The summed E-state index contributed by atoms with van der Waals surface area (Å²) in [6.07, 6.45) is 0. The second-order valence-electron chi connectivity index (χ2n) is 7.26. The van der Waals surface area contributed by atoms with E-state index in [0.717, 1.165) is 16.5 Å². The van der Waals surface area contributed by atoms with Crippen LogP contribution in [0.1, 0.15) is 45.9 Å². The lowest BCUT2D eigenvalue weighted by Crippen LogP contribution is -2.27. The minimum Gasteiger partial charge on any atom is -0.449 e. The van der Waals surface area contributed by atoms with E-state index < -0.39 is 0 Å². The van der Waals surface area contributed by atoms with Crippen LogP contribution in [0.2, 0.25) is 5.02 Å². The van der Waals surface area contributed by atoms with Gasteiger partial charge in [0.1, 0.15) is 0 Å². The Bertz CT molecular complexity index is 1050. The molecule has 5 nitrogen and oxygen atoms in total. The second kappa shape index (κ2) is 8.07. The first-order chi connectivity index (χ1) is 13.3. The second-order valence-corrected chi connectivity index (χ2v) is 7.67. The topological polar surface area (TPSA) is 71.3 Å². The van der Waals surface area contributed by atoms with Crippen molar-refractivity contribution in [2.75, 3.05) is 11.9 Å². The van der Waals surface area contributed by atoms with Crippen molar-refractivity contribution >= 4 is 40.1 Å². The van der Waals surface area contributed by atoms with E-state index in [2.05, 4.69) is 10.6 Å².